The first-order chi connectivity index (χ1) is 10.8. The SMILES string of the molecule is [N-]=[N+]=NCC1CC(=O)N(CCc2ccc3nccnc3c2)C1. The third-order valence-corrected chi connectivity index (χ3v) is 3.90. The maximum Gasteiger partial charge on any atom is 0.222 e. The Bertz CT molecular complexity index is 740. The van der Waals surface area contributed by atoms with Crippen LogP contribution in [0.3, 0.4) is 0 Å². The summed E-state index contributed by atoms with van der Waals surface area (Å²) < 4.78 is 0. The van der Waals surface area contributed by atoms with E-state index in [0.717, 1.165) is 23.0 Å². The molecule has 7 nitrogen and oxygen atoms in total. The molecule has 0 radical (unpaired) electrons. The molecule has 0 spiro atoms. The van der Waals surface area contributed by atoms with Gasteiger partial charge in [-0.05, 0) is 35.6 Å². The summed E-state index contributed by atoms with van der Waals surface area (Å²) in [5.41, 5.74) is 11.2. The number of amides is 1. The van der Waals surface area contributed by atoms with Crippen LogP contribution in [0.1, 0.15) is 12.0 Å². The summed E-state index contributed by atoms with van der Waals surface area (Å²) in [6.07, 6.45) is 4.61. The van der Waals surface area contributed by atoms with Gasteiger partial charge < -0.3 is 4.90 Å². The molecule has 1 atom stereocenters. The fourth-order valence-corrected chi connectivity index (χ4v) is 2.77. The van der Waals surface area contributed by atoms with Crippen molar-refractivity contribution >= 4 is 16.9 Å². The van der Waals surface area contributed by atoms with Gasteiger partial charge in [0.25, 0.3) is 0 Å². The van der Waals surface area contributed by atoms with Crippen molar-refractivity contribution in [3.05, 3.63) is 46.6 Å². The Labute approximate surface area is 127 Å². The summed E-state index contributed by atoms with van der Waals surface area (Å²) in [5.74, 6) is 0.282. The van der Waals surface area contributed by atoms with Gasteiger partial charge in [0.05, 0.1) is 11.0 Å². The van der Waals surface area contributed by atoms with Crippen molar-refractivity contribution in [1.82, 2.24) is 14.9 Å². The third-order valence-electron chi connectivity index (χ3n) is 3.90. The van der Waals surface area contributed by atoms with Gasteiger partial charge in [-0.2, -0.15) is 0 Å². The van der Waals surface area contributed by atoms with Crippen LogP contribution in [-0.2, 0) is 11.2 Å². The highest BCUT2D eigenvalue weighted by molar-refractivity contribution is 5.78. The van der Waals surface area contributed by atoms with Gasteiger partial charge in [0.1, 0.15) is 0 Å². The van der Waals surface area contributed by atoms with Gasteiger partial charge in [0.2, 0.25) is 5.91 Å². The molecule has 1 saturated heterocycles. The van der Waals surface area contributed by atoms with Gasteiger partial charge in [-0.3, -0.25) is 14.8 Å². The standard InChI is InChI=1S/C15H16N6O/c16-20-19-9-12-8-15(22)21(10-12)6-3-11-1-2-13-14(7-11)18-5-4-17-13/h1-2,4-5,7,12H,3,6,8-10H2. The van der Waals surface area contributed by atoms with E-state index in [1.165, 1.54) is 0 Å². The number of likely N-dealkylation sites (tertiary alicyclic amines) is 1. The minimum absolute atomic E-state index is 0.138. The van der Waals surface area contributed by atoms with Crippen molar-refractivity contribution in [3.63, 3.8) is 0 Å². The second-order valence-electron chi connectivity index (χ2n) is 5.45. The highest BCUT2D eigenvalue weighted by Gasteiger charge is 2.28. The molecule has 2 aromatic rings. The molecule has 1 unspecified atom stereocenters. The fourth-order valence-electron chi connectivity index (χ4n) is 2.77. The van der Waals surface area contributed by atoms with Gasteiger partial charge in [-0.25, -0.2) is 0 Å². The Kier molecular flexibility index (Phi) is 4.16. The second-order valence-corrected chi connectivity index (χ2v) is 5.45. The number of aromatic nitrogens is 2. The first-order valence-electron chi connectivity index (χ1n) is 7.24. The van der Waals surface area contributed by atoms with Crippen LogP contribution in [0, 0.1) is 5.92 Å². The normalized spacial score (nSPS) is 17.7. The highest BCUT2D eigenvalue weighted by Crippen LogP contribution is 2.19. The monoisotopic (exact) mass is 296 g/mol. The molecule has 0 aliphatic carbocycles. The van der Waals surface area contributed by atoms with Gasteiger partial charge >= 0.3 is 0 Å². The Morgan fingerprint density at radius 2 is 2.14 bits per heavy atom. The molecule has 112 valence electrons. The number of rotatable bonds is 5. The van der Waals surface area contributed by atoms with Crippen molar-refractivity contribution in [1.29, 1.82) is 0 Å². The number of nitrogens with zero attached hydrogens (tertiary/aromatic N) is 6. The lowest BCUT2D eigenvalue weighted by Crippen LogP contribution is -2.27. The lowest BCUT2D eigenvalue weighted by atomic mass is 10.1. The smallest absolute Gasteiger partial charge is 0.222 e. The van der Waals surface area contributed by atoms with Crippen molar-refractivity contribution < 1.29 is 4.79 Å². The number of carbonyl (C=O) groups excluding carboxylic acids is 1. The molecule has 0 N–H and O–H groups in total. The van der Waals surface area contributed by atoms with Crippen molar-refractivity contribution in [3.8, 4) is 0 Å². The van der Waals surface area contributed by atoms with Gasteiger partial charge in [-0.15, -0.1) is 0 Å². The van der Waals surface area contributed by atoms with Crippen LogP contribution in [-0.4, -0.2) is 40.4 Å². The Morgan fingerprint density at radius 3 is 2.95 bits per heavy atom. The van der Waals surface area contributed by atoms with E-state index in [0.29, 0.717) is 26.1 Å². The summed E-state index contributed by atoms with van der Waals surface area (Å²) in [4.78, 5) is 25.1. The van der Waals surface area contributed by atoms with Crippen LogP contribution in [0.4, 0.5) is 0 Å². The molecular weight excluding hydrogens is 280 g/mol. The maximum absolute atomic E-state index is 12.0. The Morgan fingerprint density at radius 1 is 1.32 bits per heavy atom. The molecule has 22 heavy (non-hydrogen) atoms. The summed E-state index contributed by atoms with van der Waals surface area (Å²) in [7, 11) is 0. The molecule has 1 aromatic carbocycles. The second kappa shape index (κ2) is 6.41. The van der Waals surface area contributed by atoms with E-state index in [2.05, 4.69) is 20.0 Å². The Balaban J connectivity index is 1.61. The zero-order valence-electron chi connectivity index (χ0n) is 12.1. The van der Waals surface area contributed by atoms with Gasteiger partial charge in [-0.1, -0.05) is 11.2 Å². The van der Waals surface area contributed by atoms with Crippen LogP contribution in [0.25, 0.3) is 21.5 Å². The molecule has 1 amide bonds. The number of hydrogen-bond donors (Lipinski definition) is 0. The van der Waals surface area contributed by atoms with Crippen LogP contribution in [0.2, 0.25) is 0 Å². The molecule has 0 bridgehead atoms. The third kappa shape index (κ3) is 3.15. The predicted molar refractivity (Wildman–Crippen MR) is 81.9 cm³/mol. The average Bonchev–Trinajstić information content (AvgIpc) is 2.90. The van der Waals surface area contributed by atoms with E-state index in [1.807, 2.05) is 23.1 Å². The first kappa shape index (κ1) is 14.3. The zero-order chi connectivity index (χ0) is 15.4. The van der Waals surface area contributed by atoms with E-state index >= 15 is 0 Å². The van der Waals surface area contributed by atoms with Crippen LogP contribution in [0.5, 0.6) is 0 Å². The molecule has 1 aliphatic heterocycles. The fraction of sp³-hybridized carbons (Fsp3) is 0.400. The number of benzene rings is 1. The molecule has 3 rings (SSSR count). The predicted octanol–water partition coefficient (Wildman–Crippen LogP) is 2.33. The quantitative estimate of drug-likeness (QED) is 0.481. The van der Waals surface area contributed by atoms with Gasteiger partial charge in [0.15, 0.2) is 0 Å². The van der Waals surface area contributed by atoms with Crippen molar-refractivity contribution in [2.24, 2.45) is 11.0 Å². The molecule has 1 aliphatic rings. The van der Waals surface area contributed by atoms with E-state index in [-0.39, 0.29) is 11.8 Å². The summed E-state index contributed by atoms with van der Waals surface area (Å²) in [5, 5.41) is 3.56. The Hall–Kier alpha value is -2.66. The van der Waals surface area contributed by atoms with E-state index < -0.39 is 0 Å². The highest BCUT2D eigenvalue weighted by atomic mass is 16.2. The van der Waals surface area contributed by atoms with Crippen LogP contribution < -0.4 is 0 Å². The van der Waals surface area contributed by atoms with Crippen molar-refractivity contribution in [2.75, 3.05) is 19.6 Å². The molecule has 7 heteroatoms. The molecule has 2 heterocycles. The number of azide groups is 1. The minimum Gasteiger partial charge on any atom is -0.342 e. The zero-order valence-corrected chi connectivity index (χ0v) is 12.1. The van der Waals surface area contributed by atoms with Crippen LogP contribution >= 0.6 is 0 Å². The lowest BCUT2D eigenvalue weighted by Gasteiger charge is -2.16. The lowest BCUT2D eigenvalue weighted by molar-refractivity contribution is -0.127. The molecule has 1 aromatic heterocycles. The van der Waals surface area contributed by atoms with Gasteiger partial charge in [0, 0.05) is 43.4 Å². The van der Waals surface area contributed by atoms with Crippen LogP contribution in [0.15, 0.2) is 35.7 Å². The molecule has 0 saturated carbocycles. The van der Waals surface area contributed by atoms with E-state index in [4.69, 9.17) is 5.53 Å². The topological polar surface area (TPSA) is 94.9 Å². The molecule has 1 fully saturated rings. The maximum atomic E-state index is 12.0. The number of hydrogen-bond acceptors (Lipinski definition) is 4. The average molecular weight is 296 g/mol. The number of fused-ring (bicyclic) bond motifs is 1. The minimum atomic E-state index is 0.138. The molecular formula is C15H16N6O. The number of carbonyl (C=O) groups is 1. The first-order valence-corrected chi connectivity index (χ1v) is 7.24. The van der Waals surface area contributed by atoms with E-state index in [1.54, 1.807) is 12.4 Å². The largest absolute Gasteiger partial charge is 0.342 e. The van der Waals surface area contributed by atoms with E-state index in [9.17, 15) is 4.79 Å². The summed E-state index contributed by atoms with van der Waals surface area (Å²) in [6.45, 7) is 1.74. The summed E-state index contributed by atoms with van der Waals surface area (Å²) in [6, 6.07) is 5.99. The summed E-state index contributed by atoms with van der Waals surface area (Å²) >= 11 is 0. The van der Waals surface area contributed by atoms with Crippen molar-refractivity contribution in [2.45, 2.75) is 12.8 Å².